The van der Waals surface area contributed by atoms with Gasteiger partial charge < -0.3 is 14.5 Å². The maximum Gasteiger partial charge on any atom is 0.277 e. The standard InChI is InChI=1S/C15H13ClN4O3S2/c1-9-6-10(16)2-3-11(9)22-7-13-19-20-15(23-13)25-8-12(21)18-14-17-4-5-24-14/h2-6H,7-8H2,1H3,(H,17,18,21). The summed E-state index contributed by atoms with van der Waals surface area (Å²) in [4.78, 5) is 15.8. The first-order valence-electron chi connectivity index (χ1n) is 7.13. The van der Waals surface area contributed by atoms with Crippen LogP contribution in [-0.2, 0) is 11.4 Å². The first-order valence-corrected chi connectivity index (χ1v) is 9.38. The van der Waals surface area contributed by atoms with Crippen molar-refractivity contribution in [2.24, 2.45) is 0 Å². The smallest absolute Gasteiger partial charge is 0.277 e. The molecule has 130 valence electrons. The van der Waals surface area contributed by atoms with Crippen molar-refractivity contribution in [1.29, 1.82) is 0 Å². The van der Waals surface area contributed by atoms with Gasteiger partial charge in [0.15, 0.2) is 11.7 Å². The van der Waals surface area contributed by atoms with Gasteiger partial charge in [-0.15, -0.1) is 21.5 Å². The van der Waals surface area contributed by atoms with Crippen molar-refractivity contribution in [2.45, 2.75) is 18.8 Å². The molecule has 0 aliphatic heterocycles. The molecule has 2 aromatic heterocycles. The maximum atomic E-state index is 11.8. The predicted molar refractivity (Wildman–Crippen MR) is 96.3 cm³/mol. The topological polar surface area (TPSA) is 90.1 Å². The number of thiazole rings is 1. The van der Waals surface area contributed by atoms with Crippen molar-refractivity contribution in [3.05, 3.63) is 46.3 Å². The minimum Gasteiger partial charge on any atom is -0.484 e. The third-order valence-electron chi connectivity index (χ3n) is 2.94. The van der Waals surface area contributed by atoms with Gasteiger partial charge in [0.1, 0.15) is 5.75 Å². The van der Waals surface area contributed by atoms with Crippen LogP contribution in [0.15, 0.2) is 39.4 Å². The lowest BCUT2D eigenvalue weighted by Crippen LogP contribution is -2.13. The highest BCUT2D eigenvalue weighted by Crippen LogP contribution is 2.23. The Hall–Kier alpha value is -2.10. The summed E-state index contributed by atoms with van der Waals surface area (Å²) in [6.45, 7) is 2.04. The Labute approximate surface area is 156 Å². The number of nitrogens with one attached hydrogen (secondary N) is 1. The lowest BCUT2D eigenvalue weighted by molar-refractivity contribution is -0.113. The van der Waals surface area contributed by atoms with Crippen LogP contribution in [0.25, 0.3) is 0 Å². The fourth-order valence-electron chi connectivity index (χ4n) is 1.84. The number of nitrogens with zero attached hydrogens (tertiary/aromatic N) is 3. The van der Waals surface area contributed by atoms with Crippen molar-refractivity contribution in [2.75, 3.05) is 11.1 Å². The molecule has 1 N–H and O–H groups in total. The number of halogens is 1. The molecule has 1 amide bonds. The minimum absolute atomic E-state index is 0.140. The zero-order valence-electron chi connectivity index (χ0n) is 13.1. The summed E-state index contributed by atoms with van der Waals surface area (Å²) < 4.78 is 11.1. The number of rotatable bonds is 7. The Morgan fingerprint density at radius 1 is 1.44 bits per heavy atom. The number of ether oxygens (including phenoxy) is 1. The lowest BCUT2D eigenvalue weighted by Gasteiger charge is -2.06. The molecule has 25 heavy (non-hydrogen) atoms. The highest BCUT2D eigenvalue weighted by molar-refractivity contribution is 7.99. The third kappa shape index (κ3) is 5.18. The van der Waals surface area contributed by atoms with E-state index in [1.54, 1.807) is 23.7 Å². The minimum atomic E-state index is -0.187. The highest BCUT2D eigenvalue weighted by atomic mass is 35.5. The molecule has 0 fully saturated rings. The first-order chi connectivity index (χ1) is 12.1. The molecule has 10 heteroatoms. The maximum absolute atomic E-state index is 11.8. The first kappa shape index (κ1) is 17.7. The van der Waals surface area contributed by atoms with Gasteiger partial charge in [0.25, 0.3) is 11.1 Å². The van der Waals surface area contributed by atoms with Gasteiger partial charge in [0, 0.05) is 16.6 Å². The Morgan fingerprint density at radius 2 is 2.32 bits per heavy atom. The van der Waals surface area contributed by atoms with Crippen LogP contribution in [0, 0.1) is 6.92 Å². The number of carbonyl (C=O) groups excluding carboxylic acids is 1. The molecule has 3 rings (SSSR count). The van der Waals surface area contributed by atoms with Gasteiger partial charge in [-0.3, -0.25) is 4.79 Å². The third-order valence-corrected chi connectivity index (χ3v) is 4.68. The number of thioether (sulfide) groups is 1. The molecular formula is C15H13ClN4O3S2. The van der Waals surface area contributed by atoms with Crippen LogP contribution >= 0.6 is 34.7 Å². The molecule has 0 saturated heterocycles. The fraction of sp³-hybridized carbons (Fsp3) is 0.200. The van der Waals surface area contributed by atoms with Crippen LogP contribution in [0.1, 0.15) is 11.5 Å². The number of anilines is 1. The summed E-state index contributed by atoms with van der Waals surface area (Å²) >= 11 is 8.41. The molecule has 3 aromatic rings. The van der Waals surface area contributed by atoms with E-state index >= 15 is 0 Å². The van der Waals surface area contributed by atoms with E-state index in [9.17, 15) is 4.79 Å². The van der Waals surface area contributed by atoms with Crippen molar-refractivity contribution in [3.8, 4) is 5.75 Å². The van der Waals surface area contributed by atoms with Gasteiger partial charge in [-0.25, -0.2) is 4.98 Å². The van der Waals surface area contributed by atoms with E-state index in [2.05, 4.69) is 20.5 Å². The molecule has 0 spiro atoms. The Morgan fingerprint density at radius 3 is 3.08 bits per heavy atom. The second-order valence-electron chi connectivity index (χ2n) is 4.83. The fourth-order valence-corrected chi connectivity index (χ4v) is 3.19. The molecule has 0 unspecified atom stereocenters. The molecular weight excluding hydrogens is 384 g/mol. The van der Waals surface area contributed by atoms with Gasteiger partial charge in [0.2, 0.25) is 5.91 Å². The van der Waals surface area contributed by atoms with E-state index in [1.165, 1.54) is 11.3 Å². The van der Waals surface area contributed by atoms with Crippen LogP contribution in [0.5, 0.6) is 5.75 Å². The van der Waals surface area contributed by atoms with Gasteiger partial charge in [-0.1, -0.05) is 23.4 Å². The van der Waals surface area contributed by atoms with Crippen LogP contribution in [0.3, 0.4) is 0 Å². The summed E-state index contributed by atoms with van der Waals surface area (Å²) in [5, 5.41) is 13.8. The largest absolute Gasteiger partial charge is 0.484 e. The molecule has 2 heterocycles. The van der Waals surface area contributed by atoms with E-state index in [0.29, 0.717) is 27.0 Å². The number of hydrogen-bond donors (Lipinski definition) is 1. The monoisotopic (exact) mass is 396 g/mol. The number of benzene rings is 1. The zero-order chi connectivity index (χ0) is 17.6. The van der Waals surface area contributed by atoms with E-state index in [1.807, 2.05) is 13.0 Å². The van der Waals surface area contributed by atoms with Crippen molar-refractivity contribution < 1.29 is 13.9 Å². The highest BCUT2D eigenvalue weighted by Gasteiger charge is 2.11. The molecule has 0 bridgehead atoms. The summed E-state index contributed by atoms with van der Waals surface area (Å²) in [6, 6.07) is 5.35. The number of amides is 1. The molecule has 0 saturated carbocycles. The van der Waals surface area contributed by atoms with Crippen molar-refractivity contribution in [1.82, 2.24) is 15.2 Å². The Bertz CT molecular complexity index is 854. The van der Waals surface area contributed by atoms with E-state index < -0.39 is 0 Å². The number of hydrogen-bond acceptors (Lipinski definition) is 8. The zero-order valence-corrected chi connectivity index (χ0v) is 15.5. The van der Waals surface area contributed by atoms with Gasteiger partial charge in [0.05, 0.1) is 5.75 Å². The number of carbonyl (C=O) groups is 1. The molecule has 0 aliphatic carbocycles. The summed E-state index contributed by atoms with van der Waals surface area (Å²) in [5.41, 5.74) is 0.917. The molecule has 0 aliphatic rings. The van der Waals surface area contributed by atoms with Crippen molar-refractivity contribution in [3.63, 3.8) is 0 Å². The quantitative estimate of drug-likeness (QED) is 0.607. The molecule has 7 nitrogen and oxygen atoms in total. The Kier molecular flexibility index (Phi) is 5.90. The molecule has 1 aromatic carbocycles. The van der Waals surface area contributed by atoms with Crippen LogP contribution in [0.4, 0.5) is 5.13 Å². The van der Waals surface area contributed by atoms with Crippen LogP contribution < -0.4 is 10.1 Å². The van der Waals surface area contributed by atoms with E-state index in [-0.39, 0.29) is 18.3 Å². The van der Waals surface area contributed by atoms with Gasteiger partial charge in [-0.2, -0.15) is 0 Å². The molecule has 0 atom stereocenters. The second-order valence-corrected chi connectivity index (χ2v) is 7.09. The average Bonchev–Trinajstić information content (AvgIpc) is 3.24. The molecule has 0 radical (unpaired) electrons. The van der Waals surface area contributed by atoms with Crippen LogP contribution in [0.2, 0.25) is 5.02 Å². The number of aromatic nitrogens is 3. The lowest BCUT2D eigenvalue weighted by atomic mass is 10.2. The summed E-state index contributed by atoms with van der Waals surface area (Å²) in [5.74, 6) is 0.989. The van der Waals surface area contributed by atoms with Crippen molar-refractivity contribution >= 4 is 45.7 Å². The summed E-state index contributed by atoms with van der Waals surface area (Å²) in [7, 11) is 0. The predicted octanol–water partition coefficient (Wildman–Crippen LogP) is 3.80. The van der Waals surface area contributed by atoms with E-state index in [4.69, 9.17) is 20.8 Å². The Balaban J connectivity index is 1.48. The van der Waals surface area contributed by atoms with Gasteiger partial charge >= 0.3 is 0 Å². The second kappa shape index (κ2) is 8.32. The number of aryl methyl sites for hydroxylation is 1. The SMILES string of the molecule is Cc1cc(Cl)ccc1OCc1nnc(SCC(=O)Nc2nccs2)o1. The summed E-state index contributed by atoms with van der Waals surface area (Å²) in [6.07, 6.45) is 1.63. The normalized spacial score (nSPS) is 10.6. The van der Waals surface area contributed by atoms with E-state index in [0.717, 1.165) is 17.3 Å². The van der Waals surface area contributed by atoms with Crippen LogP contribution in [-0.4, -0.2) is 26.8 Å². The van der Waals surface area contributed by atoms with Gasteiger partial charge in [-0.05, 0) is 30.7 Å². The average molecular weight is 397 g/mol.